The molecule has 1 aromatic carbocycles. The van der Waals surface area contributed by atoms with Crippen molar-refractivity contribution in [1.29, 1.82) is 0 Å². The van der Waals surface area contributed by atoms with Gasteiger partial charge >= 0.3 is 0 Å². The Labute approximate surface area is 133 Å². The molecule has 0 aliphatic carbocycles. The zero-order valence-electron chi connectivity index (χ0n) is 12.6. The van der Waals surface area contributed by atoms with E-state index >= 15 is 0 Å². The molecule has 2 rings (SSSR count). The number of hydrogen-bond donors (Lipinski definition) is 1. The second-order valence-corrected chi connectivity index (χ2v) is 4.77. The molecular formula is C16H16N4O3. The molecular weight excluding hydrogens is 296 g/mol. The molecule has 0 aliphatic rings. The van der Waals surface area contributed by atoms with Gasteiger partial charge in [0.05, 0.1) is 10.6 Å². The maximum absolute atomic E-state index is 12.0. The molecule has 23 heavy (non-hydrogen) atoms. The van der Waals surface area contributed by atoms with Gasteiger partial charge in [-0.05, 0) is 18.6 Å². The first-order valence-corrected chi connectivity index (χ1v) is 7.14. The van der Waals surface area contributed by atoms with Gasteiger partial charge in [-0.2, -0.15) is 5.10 Å². The van der Waals surface area contributed by atoms with Crippen LogP contribution in [0.1, 0.15) is 35.8 Å². The topological polar surface area (TPSA) is 97.5 Å². The second kappa shape index (κ2) is 7.79. The highest BCUT2D eigenvalue weighted by atomic mass is 16.6. The van der Waals surface area contributed by atoms with Crippen molar-refractivity contribution < 1.29 is 9.72 Å². The number of hydrogen-bond acceptors (Lipinski definition) is 5. The Balaban J connectivity index is 2.22. The van der Waals surface area contributed by atoms with Crippen LogP contribution in [0.5, 0.6) is 0 Å². The van der Waals surface area contributed by atoms with Gasteiger partial charge in [-0.25, -0.2) is 5.43 Å². The van der Waals surface area contributed by atoms with Crippen molar-refractivity contribution in [1.82, 2.24) is 10.4 Å². The third kappa shape index (κ3) is 4.44. The fourth-order valence-corrected chi connectivity index (χ4v) is 1.97. The average molecular weight is 312 g/mol. The Morgan fingerprint density at radius 3 is 2.78 bits per heavy atom. The van der Waals surface area contributed by atoms with Gasteiger partial charge in [-0.3, -0.25) is 19.9 Å². The van der Waals surface area contributed by atoms with Crippen LogP contribution in [0.4, 0.5) is 5.69 Å². The van der Waals surface area contributed by atoms with Gasteiger partial charge in [0.1, 0.15) is 5.69 Å². The fourth-order valence-electron chi connectivity index (χ4n) is 1.97. The van der Waals surface area contributed by atoms with E-state index in [1.54, 1.807) is 30.3 Å². The highest BCUT2D eigenvalue weighted by molar-refractivity contribution is 6.02. The van der Waals surface area contributed by atoms with Gasteiger partial charge in [0.2, 0.25) is 0 Å². The summed E-state index contributed by atoms with van der Waals surface area (Å²) in [6.45, 7) is 1.97. The molecule has 0 saturated heterocycles. The number of carbonyl (C=O) groups excluding carboxylic acids is 1. The van der Waals surface area contributed by atoms with Gasteiger partial charge in [-0.15, -0.1) is 0 Å². The minimum atomic E-state index is -0.459. The second-order valence-electron chi connectivity index (χ2n) is 4.77. The third-order valence-corrected chi connectivity index (χ3v) is 3.07. The summed E-state index contributed by atoms with van der Waals surface area (Å²) < 4.78 is 0. The van der Waals surface area contributed by atoms with E-state index in [4.69, 9.17) is 0 Å². The molecule has 7 nitrogen and oxygen atoms in total. The third-order valence-electron chi connectivity index (χ3n) is 3.07. The number of nitro groups is 1. The monoisotopic (exact) mass is 312 g/mol. The van der Waals surface area contributed by atoms with Crippen LogP contribution in [-0.2, 0) is 0 Å². The summed E-state index contributed by atoms with van der Waals surface area (Å²) in [7, 11) is 0. The maximum Gasteiger partial charge on any atom is 0.289 e. The first-order valence-electron chi connectivity index (χ1n) is 7.14. The standard InChI is InChI=1S/C16H16N4O3/c1-2-6-14(12-7-5-8-13(11-12)20(22)23)18-19-16(21)15-9-3-4-10-17-15/h3-5,7-11H,2,6H2,1H3,(H,19,21)/b18-14-. The van der Waals surface area contributed by atoms with Gasteiger partial charge in [0.25, 0.3) is 11.6 Å². The number of carbonyl (C=O) groups is 1. The molecule has 1 N–H and O–H groups in total. The number of hydrazone groups is 1. The number of nitrogens with zero attached hydrogens (tertiary/aromatic N) is 3. The highest BCUT2D eigenvalue weighted by Gasteiger charge is 2.11. The lowest BCUT2D eigenvalue weighted by Gasteiger charge is -2.06. The van der Waals surface area contributed by atoms with Crippen LogP contribution in [0.25, 0.3) is 0 Å². The van der Waals surface area contributed by atoms with Crippen molar-refractivity contribution in [2.45, 2.75) is 19.8 Å². The lowest BCUT2D eigenvalue weighted by atomic mass is 10.1. The summed E-state index contributed by atoms with van der Waals surface area (Å²) in [5.41, 5.74) is 3.89. The van der Waals surface area contributed by atoms with Crippen LogP contribution in [0.15, 0.2) is 53.8 Å². The van der Waals surface area contributed by atoms with Crippen LogP contribution in [0.2, 0.25) is 0 Å². The van der Waals surface area contributed by atoms with Gasteiger partial charge in [-0.1, -0.05) is 31.5 Å². The maximum atomic E-state index is 12.0. The molecule has 2 aromatic rings. The molecule has 7 heteroatoms. The smallest absolute Gasteiger partial charge is 0.266 e. The average Bonchev–Trinajstić information content (AvgIpc) is 2.59. The highest BCUT2D eigenvalue weighted by Crippen LogP contribution is 2.15. The fraction of sp³-hybridized carbons (Fsp3) is 0.188. The van der Waals surface area contributed by atoms with Crippen molar-refractivity contribution in [2.24, 2.45) is 5.10 Å². The summed E-state index contributed by atoms with van der Waals surface area (Å²) >= 11 is 0. The first kappa shape index (κ1) is 16.3. The largest absolute Gasteiger partial charge is 0.289 e. The molecule has 0 atom stereocenters. The number of amides is 1. The number of rotatable bonds is 6. The van der Waals surface area contributed by atoms with Crippen LogP contribution in [-0.4, -0.2) is 21.5 Å². The van der Waals surface area contributed by atoms with Crippen LogP contribution in [0.3, 0.4) is 0 Å². The molecule has 0 unspecified atom stereocenters. The molecule has 0 saturated carbocycles. The minimum Gasteiger partial charge on any atom is -0.266 e. The van der Waals surface area contributed by atoms with Crippen molar-refractivity contribution >= 4 is 17.3 Å². The van der Waals surface area contributed by atoms with Crippen LogP contribution < -0.4 is 5.43 Å². The number of benzene rings is 1. The molecule has 1 aromatic heterocycles. The van der Waals surface area contributed by atoms with Gasteiger partial charge < -0.3 is 0 Å². The van der Waals surface area contributed by atoms with E-state index in [1.807, 2.05) is 6.92 Å². The van der Waals surface area contributed by atoms with E-state index in [2.05, 4.69) is 15.5 Å². The number of aromatic nitrogens is 1. The predicted octanol–water partition coefficient (Wildman–Crippen LogP) is 2.92. The van der Waals surface area contributed by atoms with Crippen molar-refractivity contribution in [2.75, 3.05) is 0 Å². The summed E-state index contributed by atoms with van der Waals surface area (Å²) in [5.74, 6) is -0.426. The summed E-state index contributed by atoms with van der Waals surface area (Å²) in [4.78, 5) is 26.3. The molecule has 118 valence electrons. The van der Waals surface area contributed by atoms with Crippen molar-refractivity contribution in [3.63, 3.8) is 0 Å². The van der Waals surface area contributed by atoms with Crippen molar-refractivity contribution in [3.05, 3.63) is 70.0 Å². The molecule has 0 fully saturated rings. The molecule has 0 radical (unpaired) electrons. The Morgan fingerprint density at radius 1 is 1.30 bits per heavy atom. The predicted molar refractivity (Wildman–Crippen MR) is 86.2 cm³/mol. The van der Waals surface area contributed by atoms with Gasteiger partial charge in [0, 0.05) is 23.9 Å². The summed E-state index contributed by atoms with van der Waals surface area (Å²) in [5, 5.41) is 15.0. The number of non-ortho nitro benzene ring substituents is 1. The normalized spacial score (nSPS) is 11.1. The SMILES string of the molecule is CCC/C(=N/NC(=O)c1ccccn1)c1cccc([N+](=O)[O-])c1. The molecule has 1 heterocycles. The molecule has 0 spiro atoms. The van der Waals surface area contributed by atoms with Crippen molar-refractivity contribution in [3.8, 4) is 0 Å². The Morgan fingerprint density at radius 2 is 2.13 bits per heavy atom. The zero-order valence-corrected chi connectivity index (χ0v) is 12.6. The Hall–Kier alpha value is -3.09. The Kier molecular flexibility index (Phi) is 5.51. The number of pyridine rings is 1. The zero-order chi connectivity index (χ0) is 16.7. The van der Waals surface area contributed by atoms with E-state index < -0.39 is 10.8 Å². The molecule has 1 amide bonds. The number of nitro benzene ring substituents is 1. The molecule has 0 bridgehead atoms. The summed E-state index contributed by atoms with van der Waals surface area (Å²) in [6.07, 6.45) is 2.90. The van der Waals surface area contributed by atoms with E-state index in [1.165, 1.54) is 18.3 Å². The van der Waals surface area contributed by atoms with E-state index in [-0.39, 0.29) is 11.4 Å². The Bertz CT molecular complexity index is 729. The van der Waals surface area contributed by atoms with E-state index in [0.29, 0.717) is 17.7 Å². The molecule has 0 aliphatic heterocycles. The van der Waals surface area contributed by atoms with Crippen LogP contribution in [0, 0.1) is 10.1 Å². The lowest BCUT2D eigenvalue weighted by Crippen LogP contribution is -2.21. The van der Waals surface area contributed by atoms with Crippen LogP contribution >= 0.6 is 0 Å². The quantitative estimate of drug-likeness (QED) is 0.503. The van der Waals surface area contributed by atoms with E-state index in [9.17, 15) is 14.9 Å². The first-order chi connectivity index (χ1) is 11.1. The summed E-state index contributed by atoms with van der Waals surface area (Å²) in [6, 6.07) is 11.2. The number of nitrogens with one attached hydrogen (secondary N) is 1. The van der Waals surface area contributed by atoms with E-state index in [0.717, 1.165) is 6.42 Å². The van der Waals surface area contributed by atoms with Gasteiger partial charge in [0.15, 0.2) is 0 Å². The lowest BCUT2D eigenvalue weighted by molar-refractivity contribution is -0.384. The minimum absolute atomic E-state index is 0.0117.